The van der Waals surface area contributed by atoms with Crippen LogP contribution in [0.5, 0.6) is 0 Å². The van der Waals surface area contributed by atoms with Gasteiger partial charge in [0.25, 0.3) is 0 Å². The van der Waals surface area contributed by atoms with Gasteiger partial charge in [0.15, 0.2) is 0 Å². The number of rotatable bonds is 6. The molecule has 5 nitrogen and oxygen atoms in total. The Kier molecular flexibility index (Phi) is 4.86. The van der Waals surface area contributed by atoms with Crippen LogP contribution in [-0.2, 0) is 4.74 Å². The Labute approximate surface area is 125 Å². The van der Waals surface area contributed by atoms with Gasteiger partial charge in [-0.3, -0.25) is 4.90 Å². The van der Waals surface area contributed by atoms with Crippen molar-refractivity contribution in [1.82, 2.24) is 14.7 Å². The van der Waals surface area contributed by atoms with Crippen LogP contribution >= 0.6 is 0 Å². The molecule has 1 aromatic carbocycles. The van der Waals surface area contributed by atoms with Crippen LogP contribution < -0.4 is 5.32 Å². The lowest BCUT2D eigenvalue weighted by atomic mass is 10.3. The number of nitrogens with one attached hydrogen (secondary N) is 1. The monoisotopic (exact) mass is 286 g/mol. The van der Waals surface area contributed by atoms with E-state index in [0.29, 0.717) is 0 Å². The first-order valence-electron chi connectivity index (χ1n) is 7.56. The second-order valence-electron chi connectivity index (χ2n) is 5.24. The van der Waals surface area contributed by atoms with Gasteiger partial charge in [0.2, 0.25) is 0 Å². The Morgan fingerprint density at radius 1 is 1.14 bits per heavy atom. The highest BCUT2D eigenvalue weighted by molar-refractivity contribution is 5.42. The molecule has 2 heterocycles. The molecule has 1 N–H and O–H groups in total. The molecule has 1 aliphatic rings. The number of anilines is 1. The number of hydrogen-bond donors (Lipinski definition) is 1. The lowest BCUT2D eigenvalue weighted by Gasteiger charge is -2.26. The third kappa shape index (κ3) is 4.06. The summed E-state index contributed by atoms with van der Waals surface area (Å²) in [6.45, 7) is 5.97. The summed E-state index contributed by atoms with van der Waals surface area (Å²) in [4.78, 5) is 2.46. The first kappa shape index (κ1) is 14.1. The molecule has 0 saturated carbocycles. The van der Waals surface area contributed by atoms with Gasteiger partial charge in [-0.25, -0.2) is 4.68 Å². The molecule has 0 amide bonds. The Balaban J connectivity index is 1.42. The van der Waals surface area contributed by atoms with E-state index in [1.807, 2.05) is 35.3 Å². The third-order valence-electron chi connectivity index (χ3n) is 3.69. The fraction of sp³-hybridized carbons (Fsp3) is 0.438. The molecule has 1 fully saturated rings. The minimum atomic E-state index is 0.872. The zero-order valence-electron chi connectivity index (χ0n) is 12.2. The van der Waals surface area contributed by atoms with E-state index < -0.39 is 0 Å². The lowest BCUT2D eigenvalue weighted by molar-refractivity contribution is 0.0378. The molecule has 0 aliphatic carbocycles. The van der Waals surface area contributed by atoms with Crippen molar-refractivity contribution in [3.63, 3.8) is 0 Å². The van der Waals surface area contributed by atoms with Crippen molar-refractivity contribution in [2.45, 2.75) is 6.42 Å². The van der Waals surface area contributed by atoms with Crippen molar-refractivity contribution in [2.24, 2.45) is 0 Å². The molecule has 0 spiro atoms. The van der Waals surface area contributed by atoms with E-state index in [4.69, 9.17) is 4.74 Å². The molecule has 0 atom stereocenters. The summed E-state index contributed by atoms with van der Waals surface area (Å²) >= 11 is 0. The molecule has 3 rings (SSSR count). The molecular formula is C16H22N4O. The average molecular weight is 286 g/mol. The van der Waals surface area contributed by atoms with Crippen LogP contribution in [0.3, 0.4) is 0 Å². The molecule has 112 valence electrons. The van der Waals surface area contributed by atoms with Gasteiger partial charge in [-0.2, -0.15) is 5.10 Å². The van der Waals surface area contributed by atoms with Crippen molar-refractivity contribution >= 4 is 5.69 Å². The molecule has 1 aliphatic heterocycles. The molecule has 0 bridgehead atoms. The molecule has 21 heavy (non-hydrogen) atoms. The minimum absolute atomic E-state index is 0.872. The van der Waals surface area contributed by atoms with Crippen molar-refractivity contribution in [3.8, 4) is 5.69 Å². The maximum absolute atomic E-state index is 5.35. The van der Waals surface area contributed by atoms with Crippen LogP contribution in [0.2, 0.25) is 0 Å². The Bertz CT molecular complexity index is 534. The number of para-hydroxylation sites is 1. The largest absolute Gasteiger partial charge is 0.382 e. The predicted octanol–water partition coefficient (Wildman–Crippen LogP) is 2.01. The highest BCUT2D eigenvalue weighted by Gasteiger charge is 2.09. The molecule has 0 radical (unpaired) electrons. The molecule has 5 heteroatoms. The lowest BCUT2D eigenvalue weighted by Crippen LogP contribution is -2.37. The van der Waals surface area contributed by atoms with Gasteiger partial charge in [0, 0.05) is 19.6 Å². The third-order valence-corrected chi connectivity index (χ3v) is 3.69. The van der Waals surface area contributed by atoms with E-state index >= 15 is 0 Å². The van der Waals surface area contributed by atoms with E-state index in [9.17, 15) is 0 Å². The number of benzene rings is 1. The number of ether oxygens (including phenoxy) is 1. The van der Waals surface area contributed by atoms with Crippen molar-refractivity contribution in [2.75, 3.05) is 44.7 Å². The van der Waals surface area contributed by atoms with E-state index in [-0.39, 0.29) is 0 Å². The summed E-state index contributed by atoms with van der Waals surface area (Å²) in [6, 6.07) is 10.2. The minimum Gasteiger partial charge on any atom is -0.382 e. The maximum Gasteiger partial charge on any atom is 0.0731 e. The molecular weight excluding hydrogens is 264 g/mol. The topological polar surface area (TPSA) is 42.3 Å². The smallest absolute Gasteiger partial charge is 0.0731 e. The van der Waals surface area contributed by atoms with Gasteiger partial charge in [0.1, 0.15) is 0 Å². The maximum atomic E-state index is 5.35. The van der Waals surface area contributed by atoms with Crippen LogP contribution in [0.1, 0.15) is 6.42 Å². The van der Waals surface area contributed by atoms with Crippen LogP contribution in [0.4, 0.5) is 5.69 Å². The van der Waals surface area contributed by atoms with E-state index in [1.165, 1.54) is 0 Å². The molecule has 0 unspecified atom stereocenters. The van der Waals surface area contributed by atoms with E-state index in [1.54, 1.807) is 0 Å². The van der Waals surface area contributed by atoms with Gasteiger partial charge < -0.3 is 10.1 Å². The number of morpholine rings is 1. The fourth-order valence-corrected chi connectivity index (χ4v) is 2.50. The molecule has 2 aromatic rings. The second-order valence-corrected chi connectivity index (χ2v) is 5.24. The van der Waals surface area contributed by atoms with Crippen molar-refractivity contribution < 1.29 is 4.74 Å². The summed E-state index contributed by atoms with van der Waals surface area (Å²) in [5, 5.41) is 7.82. The van der Waals surface area contributed by atoms with Crippen LogP contribution in [-0.4, -0.2) is 54.1 Å². The summed E-state index contributed by atoms with van der Waals surface area (Å²) in [6.07, 6.45) is 5.04. The van der Waals surface area contributed by atoms with Crippen molar-refractivity contribution in [1.29, 1.82) is 0 Å². The zero-order chi connectivity index (χ0) is 14.3. The van der Waals surface area contributed by atoms with Gasteiger partial charge in [-0.1, -0.05) is 18.2 Å². The number of hydrogen-bond acceptors (Lipinski definition) is 4. The summed E-state index contributed by atoms with van der Waals surface area (Å²) in [5.74, 6) is 0. The van der Waals surface area contributed by atoms with Gasteiger partial charge >= 0.3 is 0 Å². The SMILES string of the molecule is c1ccc(-n2cc(NCCCN3CCOCC3)cn2)cc1. The van der Waals surface area contributed by atoms with Gasteiger partial charge in [-0.15, -0.1) is 0 Å². The van der Waals surface area contributed by atoms with Crippen LogP contribution in [0.25, 0.3) is 5.69 Å². The average Bonchev–Trinajstić information content (AvgIpc) is 3.02. The van der Waals surface area contributed by atoms with Gasteiger partial charge in [0.05, 0.1) is 37.0 Å². The van der Waals surface area contributed by atoms with Crippen molar-refractivity contribution in [3.05, 3.63) is 42.7 Å². The molecule has 1 saturated heterocycles. The summed E-state index contributed by atoms with van der Waals surface area (Å²) in [5.41, 5.74) is 2.15. The predicted molar refractivity (Wildman–Crippen MR) is 83.9 cm³/mol. The summed E-state index contributed by atoms with van der Waals surface area (Å²) in [7, 11) is 0. The molecule has 1 aromatic heterocycles. The zero-order valence-corrected chi connectivity index (χ0v) is 12.2. The highest BCUT2D eigenvalue weighted by Crippen LogP contribution is 2.11. The standard InChI is InChI=1S/C16H22N4O/c1-2-5-16(6-3-1)20-14-15(13-18-20)17-7-4-8-19-9-11-21-12-10-19/h1-3,5-6,13-14,17H,4,7-12H2. The fourth-order valence-electron chi connectivity index (χ4n) is 2.50. The Morgan fingerprint density at radius 3 is 2.76 bits per heavy atom. The normalized spacial score (nSPS) is 16.0. The summed E-state index contributed by atoms with van der Waals surface area (Å²) < 4.78 is 7.24. The first-order chi connectivity index (χ1) is 10.4. The van der Waals surface area contributed by atoms with Crippen LogP contribution in [0.15, 0.2) is 42.7 Å². The second kappa shape index (κ2) is 7.24. The van der Waals surface area contributed by atoms with Gasteiger partial charge in [-0.05, 0) is 25.1 Å². The van der Waals surface area contributed by atoms with Crippen LogP contribution in [0, 0.1) is 0 Å². The van der Waals surface area contributed by atoms with E-state index in [2.05, 4.69) is 27.4 Å². The number of nitrogens with zero attached hydrogens (tertiary/aromatic N) is 3. The Hall–Kier alpha value is -1.85. The van der Waals surface area contributed by atoms with E-state index in [0.717, 1.165) is 57.2 Å². The number of aromatic nitrogens is 2. The highest BCUT2D eigenvalue weighted by atomic mass is 16.5. The first-order valence-corrected chi connectivity index (χ1v) is 7.56. The Morgan fingerprint density at radius 2 is 1.95 bits per heavy atom. The quantitative estimate of drug-likeness (QED) is 0.825.